The standard InChI is InChI=1S/C12H18F3N5O/c1-4-16-11-18-8(12(13,14)15)6-9(19-11)17-7-10(21)20(3)5-2/h6H,4-5,7H2,1-3H3,(H2,16,17,18,19). The highest BCUT2D eigenvalue weighted by Crippen LogP contribution is 2.29. The summed E-state index contributed by atoms with van der Waals surface area (Å²) in [6, 6.07) is 0.778. The molecule has 0 radical (unpaired) electrons. The van der Waals surface area contributed by atoms with Crippen molar-refractivity contribution in [3.63, 3.8) is 0 Å². The fourth-order valence-corrected chi connectivity index (χ4v) is 1.40. The Morgan fingerprint density at radius 1 is 1.29 bits per heavy atom. The SMILES string of the molecule is CCNc1nc(NCC(=O)N(C)CC)cc(C(F)(F)F)n1. The summed E-state index contributed by atoms with van der Waals surface area (Å²) >= 11 is 0. The van der Waals surface area contributed by atoms with Crippen LogP contribution in [0.5, 0.6) is 0 Å². The predicted molar refractivity (Wildman–Crippen MR) is 73.0 cm³/mol. The molecule has 0 unspecified atom stereocenters. The third-order valence-electron chi connectivity index (χ3n) is 2.67. The van der Waals surface area contributed by atoms with Crippen LogP contribution >= 0.6 is 0 Å². The number of carbonyl (C=O) groups is 1. The zero-order valence-corrected chi connectivity index (χ0v) is 12.1. The van der Waals surface area contributed by atoms with E-state index in [1.807, 2.05) is 0 Å². The molecule has 1 amide bonds. The second kappa shape index (κ2) is 7.09. The van der Waals surface area contributed by atoms with Gasteiger partial charge in [0.15, 0.2) is 5.69 Å². The third-order valence-corrected chi connectivity index (χ3v) is 2.67. The molecule has 1 aromatic heterocycles. The van der Waals surface area contributed by atoms with Gasteiger partial charge >= 0.3 is 6.18 Å². The summed E-state index contributed by atoms with van der Waals surface area (Å²) in [5.41, 5.74) is -1.06. The fourth-order valence-electron chi connectivity index (χ4n) is 1.40. The lowest BCUT2D eigenvalue weighted by atomic mass is 10.3. The summed E-state index contributed by atoms with van der Waals surface area (Å²) in [5.74, 6) is -0.424. The smallest absolute Gasteiger partial charge is 0.361 e. The van der Waals surface area contributed by atoms with Crippen LogP contribution in [-0.4, -0.2) is 47.5 Å². The number of anilines is 2. The highest BCUT2D eigenvalue weighted by molar-refractivity contribution is 5.80. The number of rotatable bonds is 6. The van der Waals surface area contributed by atoms with Gasteiger partial charge in [0.2, 0.25) is 11.9 Å². The Hall–Kier alpha value is -2.06. The number of alkyl halides is 3. The molecule has 0 saturated carbocycles. The molecule has 21 heavy (non-hydrogen) atoms. The highest BCUT2D eigenvalue weighted by atomic mass is 19.4. The molecular weight excluding hydrogens is 287 g/mol. The van der Waals surface area contributed by atoms with Gasteiger partial charge in [-0.2, -0.15) is 18.2 Å². The Morgan fingerprint density at radius 3 is 2.48 bits per heavy atom. The first-order chi connectivity index (χ1) is 9.77. The molecule has 1 rings (SSSR count). The number of amides is 1. The van der Waals surface area contributed by atoms with Gasteiger partial charge in [-0.3, -0.25) is 4.79 Å². The number of carbonyl (C=O) groups excluding carboxylic acids is 1. The third kappa shape index (κ3) is 5.09. The maximum Gasteiger partial charge on any atom is 0.433 e. The number of hydrogen-bond donors (Lipinski definition) is 2. The van der Waals surface area contributed by atoms with Crippen LogP contribution in [0.4, 0.5) is 24.9 Å². The van der Waals surface area contributed by atoms with E-state index >= 15 is 0 Å². The van der Waals surface area contributed by atoms with E-state index in [1.165, 1.54) is 4.90 Å². The number of nitrogens with zero attached hydrogens (tertiary/aromatic N) is 3. The summed E-state index contributed by atoms with van der Waals surface area (Å²) in [6.07, 6.45) is -4.58. The predicted octanol–water partition coefficient (Wildman–Crippen LogP) is 1.82. The molecule has 9 heteroatoms. The number of hydrogen-bond acceptors (Lipinski definition) is 5. The van der Waals surface area contributed by atoms with E-state index in [4.69, 9.17) is 0 Å². The molecule has 118 valence electrons. The first kappa shape index (κ1) is 17.0. The largest absolute Gasteiger partial charge is 0.433 e. The van der Waals surface area contributed by atoms with Crippen LogP contribution < -0.4 is 10.6 Å². The number of nitrogens with one attached hydrogen (secondary N) is 2. The van der Waals surface area contributed by atoms with E-state index in [2.05, 4.69) is 20.6 Å². The maximum atomic E-state index is 12.7. The van der Waals surface area contributed by atoms with E-state index in [-0.39, 0.29) is 24.2 Å². The van der Waals surface area contributed by atoms with Crippen LogP contribution in [0.15, 0.2) is 6.07 Å². The Labute approximate surface area is 120 Å². The molecule has 0 aromatic carbocycles. The molecule has 0 atom stereocenters. The van der Waals surface area contributed by atoms with Crippen molar-refractivity contribution < 1.29 is 18.0 Å². The Morgan fingerprint density at radius 2 is 1.95 bits per heavy atom. The minimum atomic E-state index is -4.58. The molecule has 0 spiro atoms. The quantitative estimate of drug-likeness (QED) is 0.839. The van der Waals surface area contributed by atoms with Crippen molar-refractivity contribution in [3.8, 4) is 0 Å². The zero-order chi connectivity index (χ0) is 16.0. The molecule has 0 bridgehead atoms. The van der Waals surface area contributed by atoms with Gasteiger partial charge in [-0.25, -0.2) is 4.98 Å². The molecule has 0 aliphatic carbocycles. The molecular formula is C12H18F3N5O. The molecule has 0 aliphatic rings. The Bertz CT molecular complexity index is 492. The lowest BCUT2D eigenvalue weighted by molar-refractivity contribution is -0.141. The van der Waals surface area contributed by atoms with Crippen LogP contribution in [0.25, 0.3) is 0 Å². The normalized spacial score (nSPS) is 11.1. The first-order valence-corrected chi connectivity index (χ1v) is 6.45. The maximum absolute atomic E-state index is 12.7. The van der Waals surface area contributed by atoms with Gasteiger partial charge in [-0.1, -0.05) is 0 Å². The van der Waals surface area contributed by atoms with E-state index in [9.17, 15) is 18.0 Å². The number of halogens is 3. The summed E-state index contributed by atoms with van der Waals surface area (Å²) in [6.45, 7) is 4.28. The second-order valence-electron chi connectivity index (χ2n) is 4.25. The molecule has 1 aromatic rings. The van der Waals surface area contributed by atoms with Gasteiger partial charge in [0.1, 0.15) is 5.82 Å². The van der Waals surface area contributed by atoms with Gasteiger partial charge in [-0.15, -0.1) is 0 Å². The van der Waals surface area contributed by atoms with Crippen LogP contribution in [0.2, 0.25) is 0 Å². The monoisotopic (exact) mass is 305 g/mol. The molecule has 6 nitrogen and oxygen atoms in total. The topological polar surface area (TPSA) is 70.2 Å². The Balaban J connectivity index is 2.90. The van der Waals surface area contributed by atoms with Gasteiger partial charge in [-0.05, 0) is 13.8 Å². The fraction of sp³-hybridized carbons (Fsp3) is 0.583. The van der Waals surface area contributed by atoms with Crippen LogP contribution in [0, 0.1) is 0 Å². The van der Waals surface area contributed by atoms with Crippen molar-refractivity contribution >= 4 is 17.7 Å². The van der Waals surface area contributed by atoms with E-state index < -0.39 is 11.9 Å². The Kier molecular flexibility index (Phi) is 5.74. The number of aromatic nitrogens is 2. The van der Waals surface area contributed by atoms with Crippen molar-refractivity contribution in [3.05, 3.63) is 11.8 Å². The number of likely N-dealkylation sites (N-methyl/N-ethyl adjacent to an activating group) is 1. The summed E-state index contributed by atoms with van der Waals surface area (Å²) in [5, 5.41) is 5.21. The van der Waals surface area contributed by atoms with E-state index in [1.54, 1.807) is 20.9 Å². The summed E-state index contributed by atoms with van der Waals surface area (Å²) < 4.78 is 38.2. The average molecular weight is 305 g/mol. The van der Waals surface area contributed by atoms with E-state index in [0.29, 0.717) is 13.1 Å². The minimum absolute atomic E-state index is 0.0499. The van der Waals surface area contributed by atoms with Gasteiger partial charge in [0, 0.05) is 26.2 Å². The summed E-state index contributed by atoms with van der Waals surface area (Å²) in [7, 11) is 1.61. The molecule has 0 saturated heterocycles. The van der Waals surface area contributed by atoms with Crippen molar-refractivity contribution in [2.45, 2.75) is 20.0 Å². The van der Waals surface area contributed by atoms with Gasteiger partial charge in [0.25, 0.3) is 0 Å². The van der Waals surface area contributed by atoms with Crippen molar-refractivity contribution in [1.82, 2.24) is 14.9 Å². The van der Waals surface area contributed by atoms with Crippen LogP contribution in [-0.2, 0) is 11.0 Å². The lowest BCUT2D eigenvalue weighted by Gasteiger charge is -2.16. The van der Waals surface area contributed by atoms with Crippen LogP contribution in [0.3, 0.4) is 0 Å². The molecule has 1 heterocycles. The van der Waals surface area contributed by atoms with Gasteiger partial charge < -0.3 is 15.5 Å². The highest BCUT2D eigenvalue weighted by Gasteiger charge is 2.33. The lowest BCUT2D eigenvalue weighted by Crippen LogP contribution is -2.32. The minimum Gasteiger partial charge on any atom is -0.361 e. The first-order valence-electron chi connectivity index (χ1n) is 6.45. The van der Waals surface area contributed by atoms with Crippen molar-refractivity contribution in [2.75, 3.05) is 37.3 Å². The van der Waals surface area contributed by atoms with Crippen molar-refractivity contribution in [2.24, 2.45) is 0 Å². The molecule has 0 fully saturated rings. The van der Waals surface area contributed by atoms with Gasteiger partial charge in [0.05, 0.1) is 6.54 Å². The summed E-state index contributed by atoms with van der Waals surface area (Å²) in [4.78, 5) is 20.4. The van der Waals surface area contributed by atoms with Crippen LogP contribution in [0.1, 0.15) is 19.5 Å². The molecule has 2 N–H and O–H groups in total. The average Bonchev–Trinajstić information content (AvgIpc) is 2.43. The molecule has 0 aliphatic heterocycles. The second-order valence-corrected chi connectivity index (χ2v) is 4.25. The van der Waals surface area contributed by atoms with Crippen molar-refractivity contribution in [1.29, 1.82) is 0 Å². The zero-order valence-electron chi connectivity index (χ0n) is 12.1. The van der Waals surface area contributed by atoms with E-state index in [0.717, 1.165) is 6.07 Å².